The molecule has 0 saturated heterocycles. The van der Waals surface area contributed by atoms with Crippen LogP contribution < -0.4 is 5.57 Å². The van der Waals surface area contributed by atoms with E-state index in [-0.39, 0.29) is 17.9 Å². The fourth-order valence-corrected chi connectivity index (χ4v) is 1.02. The van der Waals surface area contributed by atoms with Crippen molar-refractivity contribution < 1.29 is 13.9 Å². The van der Waals surface area contributed by atoms with Gasteiger partial charge in [-0.3, -0.25) is 0 Å². The number of carbonyl (C=O) groups is 1. The summed E-state index contributed by atoms with van der Waals surface area (Å²) in [5.74, 6) is -1.49. The number of halogens is 1. The average Bonchev–Trinajstić information content (AvgIpc) is 2.41. The third kappa shape index (κ3) is 2.49. The first-order valence-electron chi connectivity index (χ1n) is 3.83. The molecule has 1 aromatic rings. The first-order chi connectivity index (χ1) is 6.15. The van der Waals surface area contributed by atoms with Crippen molar-refractivity contribution in [2.24, 2.45) is 0 Å². The van der Waals surface area contributed by atoms with E-state index in [1.54, 1.807) is 0 Å². The van der Waals surface area contributed by atoms with Crippen LogP contribution >= 0.6 is 9.24 Å². The number of hydrogen-bond acceptors (Lipinski definition) is 3. The molecule has 0 aliphatic heterocycles. The van der Waals surface area contributed by atoms with Crippen LogP contribution in [0, 0.1) is 5.95 Å². The van der Waals surface area contributed by atoms with Crippen molar-refractivity contribution in [2.45, 2.75) is 13.3 Å². The summed E-state index contributed by atoms with van der Waals surface area (Å²) in [6.07, 6.45) is 0.700. The van der Waals surface area contributed by atoms with Gasteiger partial charge < -0.3 is 9.72 Å². The number of H-pyrrole nitrogens is 1. The van der Waals surface area contributed by atoms with Crippen molar-refractivity contribution in [3.05, 3.63) is 11.6 Å². The molecule has 0 amide bonds. The minimum atomic E-state index is -0.758. The van der Waals surface area contributed by atoms with E-state index in [0.29, 0.717) is 6.42 Å². The molecule has 0 saturated carbocycles. The molecule has 1 unspecified atom stereocenters. The van der Waals surface area contributed by atoms with Gasteiger partial charge in [0.25, 0.3) is 0 Å². The first-order valence-corrected chi connectivity index (χ1v) is 4.41. The van der Waals surface area contributed by atoms with Crippen molar-refractivity contribution >= 4 is 20.8 Å². The number of carbonyl (C=O) groups excluding carboxylic acids is 1. The quantitative estimate of drug-likeness (QED) is 0.580. The molecule has 1 heterocycles. The smallest absolute Gasteiger partial charge is 0.361 e. The number of rotatable bonds is 3. The first kappa shape index (κ1) is 10.1. The summed E-state index contributed by atoms with van der Waals surface area (Å²) in [4.78, 5) is 17.0. The van der Waals surface area contributed by atoms with Gasteiger partial charge in [-0.05, 0) is 6.42 Å². The van der Waals surface area contributed by atoms with Crippen molar-refractivity contribution in [1.82, 2.24) is 9.97 Å². The van der Waals surface area contributed by atoms with E-state index in [1.807, 2.05) is 6.92 Å². The minimum Gasteiger partial charge on any atom is -0.461 e. The lowest BCUT2D eigenvalue weighted by atomic mass is 10.4. The summed E-state index contributed by atoms with van der Waals surface area (Å²) in [7, 11) is 2.16. The van der Waals surface area contributed by atoms with Crippen LogP contribution in [0.5, 0.6) is 0 Å². The highest BCUT2D eigenvalue weighted by molar-refractivity contribution is 7.26. The fourth-order valence-electron chi connectivity index (χ4n) is 0.767. The van der Waals surface area contributed by atoms with E-state index in [2.05, 4.69) is 19.2 Å². The van der Waals surface area contributed by atoms with Gasteiger partial charge in [0.2, 0.25) is 11.6 Å². The zero-order chi connectivity index (χ0) is 9.84. The molecule has 1 atom stereocenters. The van der Waals surface area contributed by atoms with Gasteiger partial charge in [0, 0.05) is 0 Å². The van der Waals surface area contributed by atoms with Crippen LogP contribution in [-0.2, 0) is 4.74 Å². The molecule has 0 aliphatic rings. The summed E-state index contributed by atoms with van der Waals surface area (Å²) in [5, 5.41) is 0. The van der Waals surface area contributed by atoms with Gasteiger partial charge in [0.1, 0.15) is 5.57 Å². The van der Waals surface area contributed by atoms with Gasteiger partial charge in [-0.15, -0.1) is 0 Å². The lowest BCUT2D eigenvalue weighted by Crippen LogP contribution is -2.08. The third-order valence-corrected chi connectivity index (χ3v) is 1.58. The Kier molecular flexibility index (Phi) is 3.37. The Balaban J connectivity index is 2.70. The molecule has 1 aromatic heterocycles. The number of esters is 1. The van der Waals surface area contributed by atoms with Crippen molar-refractivity contribution in [1.29, 1.82) is 0 Å². The number of aromatic nitrogens is 2. The highest BCUT2D eigenvalue weighted by Gasteiger charge is 2.17. The molecule has 13 heavy (non-hydrogen) atoms. The molecule has 6 heteroatoms. The van der Waals surface area contributed by atoms with E-state index >= 15 is 0 Å². The summed E-state index contributed by atoms with van der Waals surface area (Å²) < 4.78 is 17.6. The Morgan fingerprint density at radius 2 is 2.46 bits per heavy atom. The summed E-state index contributed by atoms with van der Waals surface area (Å²) >= 11 is 0. The van der Waals surface area contributed by atoms with Gasteiger partial charge in [-0.25, -0.2) is 9.78 Å². The minimum absolute atomic E-state index is 0.275. The Labute approximate surface area is 77.1 Å². The molecule has 0 aromatic carbocycles. The van der Waals surface area contributed by atoms with E-state index in [4.69, 9.17) is 4.74 Å². The van der Waals surface area contributed by atoms with Crippen LogP contribution in [0.1, 0.15) is 23.8 Å². The van der Waals surface area contributed by atoms with Gasteiger partial charge in [0.05, 0.1) is 6.61 Å². The molecule has 0 spiro atoms. The number of ether oxygens (including phenoxy) is 1. The van der Waals surface area contributed by atoms with Crippen LogP contribution in [-0.4, -0.2) is 22.5 Å². The maximum absolute atomic E-state index is 12.9. The molecule has 4 nitrogen and oxygen atoms in total. The zero-order valence-corrected chi connectivity index (χ0v) is 8.29. The van der Waals surface area contributed by atoms with E-state index < -0.39 is 11.9 Å². The molecular weight excluding hydrogens is 194 g/mol. The standard InChI is InChI=1S/C7H10FN2O2P/c1-2-3-12-6(11)4-5(8)10-7(13)9-4/h2-3,13H2,1H3,(H,9,10). The van der Waals surface area contributed by atoms with E-state index in [9.17, 15) is 9.18 Å². The lowest BCUT2D eigenvalue weighted by Gasteiger charge is -1.98. The normalized spacial score (nSPS) is 10.1. The second kappa shape index (κ2) is 4.33. The lowest BCUT2D eigenvalue weighted by molar-refractivity contribution is 0.0493. The topological polar surface area (TPSA) is 55.0 Å². The van der Waals surface area contributed by atoms with Crippen LogP contribution in [0.2, 0.25) is 0 Å². The van der Waals surface area contributed by atoms with Crippen LogP contribution in [0.15, 0.2) is 0 Å². The highest BCUT2D eigenvalue weighted by atomic mass is 31.0. The van der Waals surface area contributed by atoms with Crippen molar-refractivity contribution in [3.63, 3.8) is 0 Å². The predicted octanol–water partition coefficient (Wildman–Crippen LogP) is 0.616. The molecule has 1 rings (SSSR count). The second-order valence-electron chi connectivity index (χ2n) is 2.42. The van der Waals surface area contributed by atoms with Crippen LogP contribution in [0.25, 0.3) is 0 Å². The molecule has 72 valence electrons. The number of hydrogen-bond donors (Lipinski definition) is 1. The molecule has 0 aliphatic carbocycles. The SMILES string of the molecule is CCCOC(=O)c1nc(P)[nH]c1F. The van der Waals surface area contributed by atoms with Gasteiger partial charge in [-0.2, -0.15) is 4.39 Å². The Bertz CT molecular complexity index is 313. The van der Waals surface area contributed by atoms with Crippen LogP contribution in [0.4, 0.5) is 4.39 Å². The zero-order valence-electron chi connectivity index (χ0n) is 7.13. The second-order valence-corrected chi connectivity index (χ2v) is 2.97. The number of nitrogens with zero attached hydrogens (tertiary/aromatic N) is 1. The molecule has 1 N–H and O–H groups in total. The Morgan fingerprint density at radius 1 is 1.77 bits per heavy atom. The summed E-state index contributed by atoms with van der Waals surface area (Å²) in [5.41, 5.74) is -0.0144. The van der Waals surface area contributed by atoms with E-state index in [1.165, 1.54) is 0 Å². The van der Waals surface area contributed by atoms with Crippen molar-refractivity contribution in [2.75, 3.05) is 6.61 Å². The number of aromatic amines is 1. The van der Waals surface area contributed by atoms with Crippen LogP contribution in [0.3, 0.4) is 0 Å². The van der Waals surface area contributed by atoms with Gasteiger partial charge >= 0.3 is 5.97 Å². The maximum Gasteiger partial charge on any atom is 0.361 e. The van der Waals surface area contributed by atoms with Crippen molar-refractivity contribution in [3.8, 4) is 0 Å². The monoisotopic (exact) mass is 204 g/mol. The largest absolute Gasteiger partial charge is 0.461 e. The number of nitrogens with one attached hydrogen (secondary N) is 1. The average molecular weight is 204 g/mol. The van der Waals surface area contributed by atoms with Gasteiger partial charge in [-0.1, -0.05) is 16.2 Å². The predicted molar refractivity (Wildman–Crippen MR) is 48.5 cm³/mol. The Morgan fingerprint density at radius 3 is 2.92 bits per heavy atom. The van der Waals surface area contributed by atoms with E-state index in [0.717, 1.165) is 0 Å². The summed E-state index contributed by atoms with van der Waals surface area (Å²) in [6, 6.07) is 0. The molecule has 0 fully saturated rings. The molecule has 0 radical (unpaired) electrons. The molecule has 0 bridgehead atoms. The fraction of sp³-hybridized carbons (Fsp3) is 0.429. The Hall–Kier alpha value is -0.960. The number of imidazole rings is 1. The van der Waals surface area contributed by atoms with Gasteiger partial charge in [0.15, 0.2) is 0 Å². The summed E-state index contributed by atoms with van der Waals surface area (Å²) in [6.45, 7) is 2.13. The molecular formula is C7H10FN2O2P. The highest BCUT2D eigenvalue weighted by Crippen LogP contribution is 2.02. The third-order valence-electron chi connectivity index (χ3n) is 1.31. The maximum atomic E-state index is 12.9.